The lowest BCUT2D eigenvalue weighted by Gasteiger charge is -2.62. The lowest BCUT2D eigenvalue weighted by Crippen LogP contribution is -2.27. The molecule has 2 aromatic heterocycles. The number of nitrogens with one attached hydrogen (secondary N) is 1. The molecular formula is C27H105FN5O4P75S. The summed E-state index contributed by atoms with van der Waals surface area (Å²) in [4.78, 5) is 9.13. The molecule has 1 aliphatic heterocycles. The quantitative estimate of drug-likeness (QED) is 0.0415. The van der Waals surface area contributed by atoms with Gasteiger partial charge in [0.05, 0.1) is 28.6 Å². The number of anilines is 1. The van der Waals surface area contributed by atoms with Crippen molar-refractivity contribution < 1.29 is 22.1 Å². The number of nitrogen functional groups attached to an aromatic ring is 1. The van der Waals surface area contributed by atoms with Crippen molar-refractivity contribution >= 4 is 614 Å². The van der Waals surface area contributed by atoms with E-state index in [-0.39, 0.29) is 268 Å². The average molecular weight is 2940 g/mol. The van der Waals surface area contributed by atoms with Crippen molar-refractivity contribution in [2.45, 2.75) is 36.1 Å². The van der Waals surface area contributed by atoms with E-state index < -0.39 is 28.7 Å². The number of hydrogen-bond donors (Lipinski definition) is 2. The molecule has 9 nitrogen and oxygen atoms in total. The summed E-state index contributed by atoms with van der Waals surface area (Å²) in [6.45, 7) is -8.58. The number of aromatic nitrogens is 3. The Morgan fingerprint density at radius 2 is 0.743 bits per heavy atom. The first-order valence-corrected chi connectivity index (χ1v) is 167. The first kappa shape index (κ1) is 134. The molecule has 45 atom stereocenters. The van der Waals surface area contributed by atoms with Gasteiger partial charge in [0.15, 0.2) is 27.1 Å². The highest BCUT2D eigenvalue weighted by Crippen LogP contribution is 3.51. The van der Waals surface area contributed by atoms with E-state index in [1.54, 1.807) is 37.3 Å². The zero-order valence-corrected chi connectivity index (χ0v) is 137. The normalized spacial score (nSPS) is 16.3. The van der Waals surface area contributed by atoms with Crippen molar-refractivity contribution in [2.24, 2.45) is 0 Å². The smallest absolute Gasteiger partial charge is 0.189 e. The predicted molar refractivity (Wildman–Crippen MR) is 768 cm³/mol. The maximum atomic E-state index is 12.8. The molecule has 1 aliphatic rings. The highest BCUT2D eigenvalue weighted by atomic mass is 33.6. The molecule has 0 aliphatic carbocycles. The number of ether oxygens (including phenoxy) is 1. The summed E-state index contributed by atoms with van der Waals surface area (Å²) in [5, 5.41) is 6.75. The number of nitrogens with zero attached hydrogens (tertiary/aromatic N) is 3. The van der Waals surface area contributed by atoms with Crippen molar-refractivity contribution in [1.82, 2.24) is 20.4 Å². The predicted octanol–water partition coefficient (Wildman–Crippen LogP) is 48.0. The van der Waals surface area contributed by atoms with E-state index in [1.165, 1.54) is 6.20 Å². The fraction of sp³-hybridized carbons (Fsp3) is 0.296. The minimum Gasteiger partial charge on any atom is -0.382 e. The van der Waals surface area contributed by atoms with E-state index in [1.807, 2.05) is 24.3 Å². The maximum absolute atomic E-state index is 12.8. The largest absolute Gasteiger partial charge is 0.382 e. The van der Waals surface area contributed by atoms with Crippen molar-refractivity contribution in [2.75, 3.05) is 25.6 Å². The molecule has 650 valence electrons. The fourth-order valence-corrected chi connectivity index (χ4v) is 1110. The third kappa shape index (κ3) is 43.0. The van der Waals surface area contributed by atoms with Gasteiger partial charge in [-0.2, -0.15) is 0 Å². The van der Waals surface area contributed by atoms with Crippen molar-refractivity contribution in [1.29, 1.82) is 0 Å². The van der Waals surface area contributed by atoms with Crippen LogP contribution in [-0.2, 0) is 21.1 Å². The molecule has 3 heterocycles. The zero-order chi connectivity index (χ0) is 86.2. The van der Waals surface area contributed by atoms with Crippen LogP contribution in [0.25, 0.3) is 34.0 Å². The number of rotatable bonds is 45. The summed E-state index contributed by atoms with van der Waals surface area (Å²) in [7, 11) is 136. The molecule has 86 heteroatoms. The number of halogens is 1. The standard InChI is InChI=1S/C27H28FN5O4S.H77P75/c1-17(13-28)30-14-18-2-4-19(5-3-18)23-12-25(37-33-23)26-27(29)31-15-24(32-26)20-6-8-21(9-7-20)38(34,35)22-10-11-36-16-22;1-39-58(38)68(59(40(2)3)41(4)5)73(69(60(42(6)7)43(8)9)61(44(10)11)45(12)13)75(72(66(54(30)31)55(32)33)67(56(34)35)57(36)37)74(70(62(46(14)15)47(16)17)63(48(18)19)49(20)21)71(64(50(22)23)51(24)25)65(52(26)27)53(28)29/h2-9,12,15,17,22,30H,10-11,13-14,16H2,1H3,(H2,29,31);39H,1-38H2. The molecule has 0 radical (unpaired) electrons. The molecule has 0 spiro atoms. The minimum atomic E-state index is -3.45. The average Bonchev–Trinajstić information content (AvgIpc) is 1.29. The van der Waals surface area contributed by atoms with Crippen LogP contribution in [0.4, 0.5) is 10.2 Å². The van der Waals surface area contributed by atoms with Gasteiger partial charge < -0.3 is 20.3 Å². The van der Waals surface area contributed by atoms with E-state index >= 15 is 0 Å². The van der Waals surface area contributed by atoms with E-state index in [2.05, 4.69) is 360 Å². The van der Waals surface area contributed by atoms with Crippen LogP contribution in [0.5, 0.6) is 0 Å². The van der Waals surface area contributed by atoms with Gasteiger partial charge in [-0.25, -0.2) is 22.8 Å². The molecular weight excluding hydrogens is 2830 g/mol. The molecule has 0 saturated carbocycles. The Morgan fingerprint density at radius 3 is 1.04 bits per heavy atom. The number of benzene rings is 2. The molecule has 1 fully saturated rings. The highest BCUT2D eigenvalue weighted by molar-refractivity contribution is 9.57. The molecule has 4 aromatic rings. The van der Waals surface area contributed by atoms with Crippen LogP contribution in [0.3, 0.4) is 0 Å². The van der Waals surface area contributed by atoms with Crippen LogP contribution in [0, 0.1) is 0 Å². The molecule has 5 rings (SSSR count). The van der Waals surface area contributed by atoms with Gasteiger partial charge in [-0.05, 0) is 283 Å². The van der Waals surface area contributed by atoms with Gasteiger partial charge in [0, 0.05) is 36.4 Å². The van der Waals surface area contributed by atoms with E-state index in [4.69, 9.17) is 15.0 Å². The van der Waals surface area contributed by atoms with Crippen LogP contribution < -0.4 is 11.1 Å². The Balaban J connectivity index is 0.000000582. The third-order valence-corrected chi connectivity index (χ3v) is 544. The van der Waals surface area contributed by atoms with Gasteiger partial charge in [0.25, 0.3) is 0 Å². The van der Waals surface area contributed by atoms with Gasteiger partial charge >= 0.3 is 0 Å². The second kappa shape index (κ2) is 70.2. The summed E-state index contributed by atoms with van der Waals surface area (Å²) in [5.74, 6) is 0.537. The summed E-state index contributed by atoms with van der Waals surface area (Å²) in [6, 6.07) is 15.8. The van der Waals surface area contributed by atoms with Crippen LogP contribution in [0.2, 0.25) is 0 Å². The lowest BCUT2D eigenvalue weighted by atomic mass is 10.1. The van der Waals surface area contributed by atoms with Gasteiger partial charge in [-0.3, -0.25) is 0 Å². The summed E-state index contributed by atoms with van der Waals surface area (Å²) in [5.41, 5.74) is 10.1. The van der Waals surface area contributed by atoms with E-state index in [0.29, 0.717) is 48.0 Å². The maximum Gasteiger partial charge on any atom is 0.189 e. The second-order valence-electron chi connectivity index (χ2n) is 21.1. The third-order valence-electron chi connectivity index (χ3n) is 13.1. The van der Waals surface area contributed by atoms with Crippen LogP contribution in [0.1, 0.15) is 18.9 Å². The number of sulfone groups is 1. The monoisotopic (exact) mass is 2940 g/mol. The second-order valence-corrected chi connectivity index (χ2v) is 332. The SMILES string of the molecule is CC(CF)NCc1ccc(-c2cc(-c3nc(-c4ccc(S(=O)(=O)C5CCOC5)cc4)cnc3N)on2)cc1.PPP(P)P(P(P(P)P)P(P)P)P(P(P(P(P)P)P(P)P)P(P(P)P)P(P)P)P(P(P(P(P)P)P(P)P)P(P(P)P)P(P)P)P(P(P(P(P)P)P(P)P)P(P(P)P)P(P)P)P(P(P(P)P)P(P)P)P(P(P)P)P(P)P. The Hall–Kier alpha value is 28.6. The van der Waals surface area contributed by atoms with Crippen LogP contribution in [0.15, 0.2) is 70.2 Å². The molecule has 2 aromatic carbocycles. The summed E-state index contributed by atoms with van der Waals surface area (Å²) >= 11 is 0. The molecule has 0 bridgehead atoms. The van der Waals surface area contributed by atoms with E-state index in [9.17, 15) is 12.8 Å². The Kier molecular flexibility index (Phi) is 83.1. The molecule has 0 amide bonds. The van der Waals surface area contributed by atoms with Gasteiger partial charge in [-0.1, -0.05) is 49.5 Å². The summed E-state index contributed by atoms with van der Waals surface area (Å²) < 4.78 is 49.1. The molecule has 1 saturated heterocycles. The van der Waals surface area contributed by atoms with E-state index in [0.717, 1.165) is 19.1 Å². The first-order chi connectivity index (χ1) is 52.5. The number of nitrogens with two attached hydrogens (primary N) is 1. The van der Waals surface area contributed by atoms with Crippen molar-refractivity contribution in [3.8, 4) is 34.0 Å². The zero-order valence-electron chi connectivity index (χ0n) is 59.3. The van der Waals surface area contributed by atoms with Gasteiger partial charge in [0.2, 0.25) is 0 Å². The number of alkyl halides is 1. The Bertz CT molecular complexity index is 3300. The minimum absolute atomic E-state index is 0.181. The Labute approximate surface area is 807 Å². The molecule has 45 unspecified atom stereocenters. The number of hydrogen-bond acceptors (Lipinski definition) is 9. The molecule has 3 N–H and O–H groups in total. The van der Waals surface area contributed by atoms with Gasteiger partial charge in [-0.15, -0.1) is 339 Å². The van der Waals surface area contributed by atoms with Crippen molar-refractivity contribution in [3.05, 3.63) is 66.4 Å². The van der Waals surface area contributed by atoms with Crippen LogP contribution in [-0.4, -0.2) is 54.7 Å². The summed E-state index contributed by atoms with van der Waals surface area (Å²) in [6.07, 6.45) is 2.03. The van der Waals surface area contributed by atoms with Gasteiger partial charge in [0.1, 0.15) is 12.4 Å². The fourth-order valence-electron chi connectivity index (χ4n) is 8.68. The van der Waals surface area contributed by atoms with Crippen molar-refractivity contribution in [3.63, 3.8) is 0 Å². The van der Waals surface area contributed by atoms with Crippen LogP contribution >= 0.6 is 599 Å². The highest BCUT2D eigenvalue weighted by Gasteiger charge is 2.64. The Morgan fingerprint density at radius 1 is 0.451 bits per heavy atom. The lowest BCUT2D eigenvalue weighted by molar-refractivity contribution is 0.198. The topological polar surface area (TPSA) is 133 Å². The molecule has 113 heavy (non-hydrogen) atoms. The first-order valence-electron chi connectivity index (χ1n) is 29.3.